The van der Waals surface area contributed by atoms with E-state index in [1.54, 1.807) is 25.1 Å². The predicted molar refractivity (Wildman–Crippen MR) is 73.3 cm³/mol. The van der Waals surface area contributed by atoms with E-state index in [2.05, 4.69) is 0 Å². The Hall–Kier alpha value is -1.55. The van der Waals surface area contributed by atoms with Crippen LogP contribution in [0.5, 0.6) is 0 Å². The predicted octanol–water partition coefficient (Wildman–Crippen LogP) is 2.71. The number of hydrogen-bond donors (Lipinski definition) is 0. The molecule has 1 fully saturated rings. The van der Waals surface area contributed by atoms with Crippen LogP contribution in [-0.4, -0.2) is 24.5 Å². The molecule has 0 spiro atoms. The van der Waals surface area contributed by atoms with Crippen LogP contribution in [0.15, 0.2) is 18.2 Å². The lowest BCUT2D eigenvalue weighted by molar-refractivity contribution is -0.144. The monoisotopic (exact) mass is 281 g/mol. The fourth-order valence-corrected chi connectivity index (χ4v) is 2.47. The molecule has 0 N–H and O–H groups in total. The van der Waals surface area contributed by atoms with Crippen molar-refractivity contribution >= 4 is 29.2 Å². The first-order chi connectivity index (χ1) is 9.06. The van der Waals surface area contributed by atoms with Crippen molar-refractivity contribution in [1.29, 1.82) is 0 Å². The largest absolute Gasteiger partial charge is 0.464 e. The van der Waals surface area contributed by atoms with Crippen LogP contribution in [0.1, 0.15) is 25.3 Å². The molecule has 0 aliphatic carbocycles. The summed E-state index contributed by atoms with van der Waals surface area (Å²) in [6.45, 7) is 3.90. The minimum Gasteiger partial charge on any atom is -0.464 e. The molecule has 2 rings (SSSR count). The highest BCUT2D eigenvalue weighted by Gasteiger charge is 2.38. The number of anilines is 1. The minimum atomic E-state index is -0.537. The molecule has 1 aromatic rings. The molecule has 0 saturated carbocycles. The smallest absolute Gasteiger partial charge is 0.329 e. The molecule has 19 heavy (non-hydrogen) atoms. The molecule has 1 heterocycles. The van der Waals surface area contributed by atoms with Crippen LogP contribution in [0.3, 0.4) is 0 Å². The Balaban J connectivity index is 2.37. The fourth-order valence-electron chi connectivity index (χ4n) is 2.30. The first-order valence-electron chi connectivity index (χ1n) is 6.30. The van der Waals surface area contributed by atoms with Crippen molar-refractivity contribution in [3.05, 3.63) is 28.8 Å². The van der Waals surface area contributed by atoms with Gasteiger partial charge in [-0.2, -0.15) is 0 Å². The number of halogens is 1. The third kappa shape index (κ3) is 2.59. The SMILES string of the molecule is CCOC(=O)C1CCC(=O)N1c1cccc(Cl)c1C. The van der Waals surface area contributed by atoms with Crippen molar-refractivity contribution in [1.82, 2.24) is 0 Å². The number of carbonyl (C=O) groups is 2. The molecule has 1 amide bonds. The Kier molecular flexibility index (Phi) is 4.10. The molecule has 1 aliphatic rings. The maximum atomic E-state index is 12.0. The fraction of sp³-hybridized carbons (Fsp3) is 0.429. The van der Waals surface area contributed by atoms with Crippen molar-refractivity contribution in [3.63, 3.8) is 0 Å². The summed E-state index contributed by atoms with van der Waals surface area (Å²) >= 11 is 6.07. The summed E-state index contributed by atoms with van der Waals surface area (Å²) in [5.41, 5.74) is 1.49. The molecule has 102 valence electrons. The molecule has 1 saturated heterocycles. The van der Waals surface area contributed by atoms with Crippen LogP contribution >= 0.6 is 11.6 Å². The Morgan fingerprint density at radius 3 is 2.95 bits per heavy atom. The first kappa shape index (κ1) is 13.9. The van der Waals surface area contributed by atoms with Gasteiger partial charge < -0.3 is 4.74 Å². The lowest BCUT2D eigenvalue weighted by Gasteiger charge is -2.25. The van der Waals surface area contributed by atoms with Crippen LogP contribution in [0, 0.1) is 6.92 Å². The molecule has 1 atom stereocenters. The quantitative estimate of drug-likeness (QED) is 0.800. The Morgan fingerprint density at radius 1 is 1.53 bits per heavy atom. The first-order valence-corrected chi connectivity index (χ1v) is 6.68. The Labute approximate surface area is 117 Å². The van der Waals surface area contributed by atoms with Crippen molar-refractivity contribution in [2.45, 2.75) is 32.7 Å². The average molecular weight is 282 g/mol. The molecule has 1 unspecified atom stereocenters. The van der Waals surface area contributed by atoms with Gasteiger partial charge in [0.05, 0.1) is 6.61 Å². The number of amides is 1. The molecule has 1 aromatic carbocycles. The van der Waals surface area contributed by atoms with Gasteiger partial charge in [0.2, 0.25) is 5.91 Å². The molecular weight excluding hydrogens is 266 g/mol. The highest BCUT2D eigenvalue weighted by Crippen LogP contribution is 2.33. The third-order valence-electron chi connectivity index (χ3n) is 3.27. The molecule has 0 aromatic heterocycles. The average Bonchev–Trinajstić information content (AvgIpc) is 2.75. The second-order valence-electron chi connectivity index (χ2n) is 4.45. The number of benzene rings is 1. The Morgan fingerprint density at radius 2 is 2.26 bits per heavy atom. The summed E-state index contributed by atoms with van der Waals surface area (Å²) in [6, 6.07) is 4.81. The lowest BCUT2D eigenvalue weighted by Crippen LogP contribution is -2.40. The van der Waals surface area contributed by atoms with Gasteiger partial charge in [0.1, 0.15) is 6.04 Å². The van der Waals surface area contributed by atoms with Gasteiger partial charge in [-0.25, -0.2) is 4.79 Å². The number of rotatable bonds is 3. The number of esters is 1. The normalized spacial score (nSPS) is 18.8. The summed E-state index contributed by atoms with van der Waals surface area (Å²) < 4.78 is 5.03. The van der Waals surface area contributed by atoms with Crippen LogP contribution in [0.2, 0.25) is 5.02 Å². The van der Waals surface area contributed by atoms with E-state index in [1.807, 2.05) is 6.92 Å². The molecular formula is C14H16ClNO3. The maximum absolute atomic E-state index is 12.0. The number of nitrogens with zero attached hydrogens (tertiary/aromatic N) is 1. The highest BCUT2D eigenvalue weighted by molar-refractivity contribution is 6.31. The van der Waals surface area contributed by atoms with E-state index in [0.29, 0.717) is 30.2 Å². The summed E-state index contributed by atoms with van der Waals surface area (Å²) in [4.78, 5) is 25.5. The number of hydrogen-bond acceptors (Lipinski definition) is 3. The van der Waals surface area contributed by atoms with Gasteiger partial charge in [-0.05, 0) is 38.0 Å². The van der Waals surface area contributed by atoms with Gasteiger partial charge in [0.25, 0.3) is 0 Å². The van der Waals surface area contributed by atoms with Crippen LogP contribution in [0.4, 0.5) is 5.69 Å². The molecule has 4 nitrogen and oxygen atoms in total. The van der Waals surface area contributed by atoms with E-state index < -0.39 is 6.04 Å². The summed E-state index contributed by atoms with van der Waals surface area (Å²) in [5, 5.41) is 0.583. The second kappa shape index (κ2) is 5.61. The molecule has 5 heteroatoms. The van der Waals surface area contributed by atoms with Crippen LogP contribution in [0.25, 0.3) is 0 Å². The maximum Gasteiger partial charge on any atom is 0.329 e. The van der Waals surface area contributed by atoms with E-state index in [9.17, 15) is 9.59 Å². The van der Waals surface area contributed by atoms with Crippen molar-refractivity contribution < 1.29 is 14.3 Å². The zero-order chi connectivity index (χ0) is 14.0. The zero-order valence-electron chi connectivity index (χ0n) is 11.0. The van der Waals surface area contributed by atoms with E-state index >= 15 is 0 Å². The van der Waals surface area contributed by atoms with Crippen molar-refractivity contribution in [2.24, 2.45) is 0 Å². The topological polar surface area (TPSA) is 46.6 Å². The lowest BCUT2D eigenvalue weighted by atomic mass is 10.1. The van der Waals surface area contributed by atoms with Gasteiger partial charge in [-0.15, -0.1) is 0 Å². The van der Waals surface area contributed by atoms with Gasteiger partial charge in [0.15, 0.2) is 0 Å². The van der Waals surface area contributed by atoms with Gasteiger partial charge in [0, 0.05) is 17.1 Å². The third-order valence-corrected chi connectivity index (χ3v) is 3.68. The minimum absolute atomic E-state index is 0.0663. The molecule has 0 bridgehead atoms. The standard InChI is InChI=1S/C14H16ClNO3/c1-3-19-14(18)12-7-8-13(17)16(12)11-6-4-5-10(15)9(11)2/h4-6,12H,3,7-8H2,1-2H3. The zero-order valence-corrected chi connectivity index (χ0v) is 11.7. The van der Waals surface area contributed by atoms with E-state index in [-0.39, 0.29) is 11.9 Å². The van der Waals surface area contributed by atoms with E-state index in [1.165, 1.54) is 4.90 Å². The molecule has 0 radical (unpaired) electrons. The highest BCUT2D eigenvalue weighted by atomic mass is 35.5. The summed E-state index contributed by atoms with van der Waals surface area (Å²) in [5.74, 6) is -0.420. The van der Waals surface area contributed by atoms with Gasteiger partial charge >= 0.3 is 5.97 Å². The second-order valence-corrected chi connectivity index (χ2v) is 4.86. The van der Waals surface area contributed by atoms with Crippen molar-refractivity contribution in [2.75, 3.05) is 11.5 Å². The van der Waals surface area contributed by atoms with Crippen molar-refractivity contribution in [3.8, 4) is 0 Å². The van der Waals surface area contributed by atoms with E-state index in [4.69, 9.17) is 16.3 Å². The number of ether oxygens (including phenoxy) is 1. The molecule has 1 aliphatic heterocycles. The van der Waals surface area contributed by atoms with Crippen LogP contribution < -0.4 is 4.90 Å². The summed E-state index contributed by atoms with van der Waals surface area (Å²) in [7, 11) is 0. The van der Waals surface area contributed by atoms with E-state index in [0.717, 1.165) is 5.56 Å². The summed E-state index contributed by atoms with van der Waals surface area (Å²) in [6.07, 6.45) is 0.846. The Bertz CT molecular complexity index is 515. The van der Waals surface area contributed by atoms with Gasteiger partial charge in [-0.3, -0.25) is 9.69 Å². The van der Waals surface area contributed by atoms with Crippen LogP contribution in [-0.2, 0) is 14.3 Å². The van der Waals surface area contributed by atoms with Gasteiger partial charge in [-0.1, -0.05) is 17.7 Å². The number of carbonyl (C=O) groups excluding carboxylic acids is 2.